The third kappa shape index (κ3) is 2.79. The number of halogens is 1. The first kappa shape index (κ1) is 12.8. The van der Waals surface area contributed by atoms with Gasteiger partial charge in [0.05, 0.1) is 11.6 Å². The molecule has 0 unspecified atom stereocenters. The van der Waals surface area contributed by atoms with E-state index >= 15 is 0 Å². The van der Waals surface area contributed by atoms with Crippen LogP contribution in [0.1, 0.15) is 18.2 Å². The zero-order valence-corrected chi connectivity index (χ0v) is 11.4. The molecule has 0 aliphatic heterocycles. The minimum absolute atomic E-state index is 0.393. The Morgan fingerprint density at radius 3 is 2.56 bits per heavy atom. The van der Waals surface area contributed by atoms with Gasteiger partial charge < -0.3 is 4.90 Å². The first-order valence-corrected chi connectivity index (χ1v) is 6.51. The van der Waals surface area contributed by atoms with Crippen LogP contribution < -0.4 is 4.90 Å². The summed E-state index contributed by atoms with van der Waals surface area (Å²) in [5.74, 6) is 1.24. The lowest BCUT2D eigenvalue weighted by Gasteiger charge is -2.21. The van der Waals surface area contributed by atoms with Crippen LogP contribution in [-0.4, -0.2) is 16.7 Å². The van der Waals surface area contributed by atoms with E-state index in [1.54, 1.807) is 0 Å². The normalized spacial score (nSPS) is 10.4. The largest absolute Gasteiger partial charge is 0.325 e. The van der Waals surface area contributed by atoms with Gasteiger partial charge in [0.15, 0.2) is 5.82 Å². The summed E-state index contributed by atoms with van der Waals surface area (Å²) in [4.78, 5) is 2.12. The lowest BCUT2D eigenvalue weighted by Crippen LogP contribution is -2.18. The summed E-state index contributed by atoms with van der Waals surface area (Å²) in [6.07, 6.45) is 0. The number of benzene rings is 1. The Morgan fingerprint density at radius 2 is 2.00 bits per heavy atom. The fraction of sp³-hybridized carbons (Fsp3) is 0.286. The zero-order chi connectivity index (χ0) is 13.0. The molecular formula is C14H16ClN3. The average Bonchev–Trinajstić information content (AvgIpc) is 2.40. The molecule has 94 valence electrons. The number of rotatable bonds is 4. The minimum Gasteiger partial charge on any atom is -0.325 e. The molecule has 1 aromatic carbocycles. The van der Waals surface area contributed by atoms with Crippen molar-refractivity contribution in [1.29, 1.82) is 0 Å². The van der Waals surface area contributed by atoms with Crippen molar-refractivity contribution < 1.29 is 0 Å². The van der Waals surface area contributed by atoms with E-state index < -0.39 is 0 Å². The predicted molar refractivity (Wildman–Crippen MR) is 75.4 cm³/mol. The number of alkyl halides is 1. The molecule has 4 heteroatoms. The van der Waals surface area contributed by atoms with Crippen molar-refractivity contribution in [2.75, 3.05) is 11.4 Å². The van der Waals surface area contributed by atoms with Crippen LogP contribution in [0.3, 0.4) is 0 Å². The maximum Gasteiger partial charge on any atom is 0.155 e. The van der Waals surface area contributed by atoms with Crippen molar-refractivity contribution in [3.63, 3.8) is 0 Å². The summed E-state index contributed by atoms with van der Waals surface area (Å²) in [6, 6.07) is 12.2. The molecular weight excluding hydrogens is 246 g/mol. The van der Waals surface area contributed by atoms with Gasteiger partial charge in [-0.3, -0.25) is 0 Å². The van der Waals surface area contributed by atoms with Crippen molar-refractivity contribution in [1.82, 2.24) is 10.2 Å². The van der Waals surface area contributed by atoms with Gasteiger partial charge in [0.1, 0.15) is 0 Å². The van der Waals surface area contributed by atoms with Crippen LogP contribution in [0.15, 0.2) is 36.4 Å². The van der Waals surface area contributed by atoms with Gasteiger partial charge in [-0.05, 0) is 43.7 Å². The highest BCUT2D eigenvalue weighted by molar-refractivity contribution is 6.16. The fourth-order valence-corrected chi connectivity index (χ4v) is 1.98. The van der Waals surface area contributed by atoms with E-state index in [4.69, 9.17) is 11.6 Å². The number of anilines is 2. The third-order valence-electron chi connectivity index (χ3n) is 2.75. The molecule has 0 N–H and O–H groups in total. The van der Waals surface area contributed by atoms with E-state index in [1.807, 2.05) is 18.2 Å². The van der Waals surface area contributed by atoms with Gasteiger partial charge in [-0.15, -0.1) is 16.7 Å². The van der Waals surface area contributed by atoms with Crippen LogP contribution >= 0.6 is 11.6 Å². The van der Waals surface area contributed by atoms with Gasteiger partial charge >= 0.3 is 0 Å². The molecule has 3 nitrogen and oxygen atoms in total. The van der Waals surface area contributed by atoms with E-state index in [9.17, 15) is 0 Å². The molecule has 0 spiro atoms. The Kier molecular flexibility index (Phi) is 4.15. The quantitative estimate of drug-likeness (QED) is 0.786. The maximum atomic E-state index is 5.71. The van der Waals surface area contributed by atoms with E-state index in [2.05, 4.69) is 47.1 Å². The summed E-state index contributed by atoms with van der Waals surface area (Å²) in [7, 11) is 0. The van der Waals surface area contributed by atoms with Crippen LogP contribution in [0.5, 0.6) is 0 Å². The van der Waals surface area contributed by atoms with Crippen LogP contribution in [0.25, 0.3) is 0 Å². The monoisotopic (exact) mass is 261 g/mol. The topological polar surface area (TPSA) is 29.0 Å². The summed E-state index contributed by atoms with van der Waals surface area (Å²) in [6.45, 7) is 5.03. The number of hydrogen-bond donors (Lipinski definition) is 0. The van der Waals surface area contributed by atoms with Gasteiger partial charge in [0.25, 0.3) is 0 Å². The molecule has 0 atom stereocenters. The fourth-order valence-electron chi connectivity index (χ4n) is 1.84. The van der Waals surface area contributed by atoms with Crippen molar-refractivity contribution in [3.8, 4) is 0 Å². The summed E-state index contributed by atoms with van der Waals surface area (Å²) in [5.41, 5.74) is 3.16. The Labute approximate surface area is 112 Å². The van der Waals surface area contributed by atoms with Gasteiger partial charge in [-0.25, -0.2) is 0 Å². The molecule has 0 aliphatic carbocycles. The second kappa shape index (κ2) is 5.83. The SMILES string of the molecule is CCN(c1cccc(C)c1)c1ccc(CCl)nn1. The van der Waals surface area contributed by atoms with Crippen molar-refractivity contribution >= 4 is 23.1 Å². The lowest BCUT2D eigenvalue weighted by molar-refractivity contribution is 0.906. The van der Waals surface area contributed by atoms with Crippen LogP contribution in [0.4, 0.5) is 11.5 Å². The number of hydrogen-bond acceptors (Lipinski definition) is 3. The van der Waals surface area contributed by atoms with Gasteiger partial charge in [-0.2, -0.15) is 5.10 Å². The minimum atomic E-state index is 0.393. The van der Waals surface area contributed by atoms with Gasteiger partial charge in [-0.1, -0.05) is 12.1 Å². The molecule has 1 aromatic heterocycles. The Balaban J connectivity index is 2.32. The van der Waals surface area contributed by atoms with Crippen molar-refractivity contribution in [2.24, 2.45) is 0 Å². The standard InChI is InChI=1S/C14H16ClN3/c1-3-18(13-6-4-5-11(2)9-13)14-8-7-12(10-15)16-17-14/h4-9H,3,10H2,1-2H3. The molecule has 2 rings (SSSR count). The highest BCUT2D eigenvalue weighted by atomic mass is 35.5. The summed E-state index contributed by atoms with van der Waals surface area (Å²) >= 11 is 5.71. The lowest BCUT2D eigenvalue weighted by atomic mass is 10.2. The van der Waals surface area contributed by atoms with Crippen molar-refractivity contribution in [2.45, 2.75) is 19.7 Å². The van der Waals surface area contributed by atoms with E-state index in [1.165, 1.54) is 5.56 Å². The van der Waals surface area contributed by atoms with Crippen LogP contribution in [0, 0.1) is 6.92 Å². The molecule has 1 heterocycles. The second-order valence-corrected chi connectivity index (χ2v) is 4.37. The molecule has 0 fully saturated rings. The highest BCUT2D eigenvalue weighted by Crippen LogP contribution is 2.23. The van der Waals surface area contributed by atoms with E-state index in [-0.39, 0.29) is 0 Å². The third-order valence-corrected chi connectivity index (χ3v) is 3.02. The van der Waals surface area contributed by atoms with Crippen LogP contribution in [0.2, 0.25) is 0 Å². The molecule has 0 saturated heterocycles. The predicted octanol–water partition coefficient (Wildman–Crippen LogP) is 3.68. The molecule has 0 saturated carbocycles. The Hall–Kier alpha value is -1.61. The highest BCUT2D eigenvalue weighted by Gasteiger charge is 2.09. The summed E-state index contributed by atoms with van der Waals surface area (Å²) in [5, 5.41) is 8.31. The smallest absolute Gasteiger partial charge is 0.155 e. The Morgan fingerprint density at radius 1 is 1.17 bits per heavy atom. The van der Waals surface area contributed by atoms with E-state index in [0.29, 0.717) is 5.88 Å². The van der Waals surface area contributed by atoms with Gasteiger partial charge in [0, 0.05) is 12.2 Å². The van der Waals surface area contributed by atoms with Crippen molar-refractivity contribution in [3.05, 3.63) is 47.7 Å². The maximum absolute atomic E-state index is 5.71. The number of aryl methyl sites for hydroxylation is 1. The average molecular weight is 262 g/mol. The molecule has 0 aliphatic rings. The molecule has 2 aromatic rings. The molecule has 0 amide bonds. The molecule has 0 bridgehead atoms. The first-order chi connectivity index (χ1) is 8.74. The van der Waals surface area contributed by atoms with Crippen LogP contribution in [-0.2, 0) is 5.88 Å². The number of nitrogens with zero attached hydrogens (tertiary/aromatic N) is 3. The second-order valence-electron chi connectivity index (χ2n) is 4.10. The summed E-state index contributed by atoms with van der Waals surface area (Å²) < 4.78 is 0. The molecule has 18 heavy (non-hydrogen) atoms. The van der Waals surface area contributed by atoms with Gasteiger partial charge in [0.2, 0.25) is 0 Å². The molecule has 0 radical (unpaired) electrons. The van der Waals surface area contributed by atoms with E-state index in [0.717, 1.165) is 23.7 Å². The zero-order valence-electron chi connectivity index (χ0n) is 10.6. The first-order valence-electron chi connectivity index (χ1n) is 5.97. The Bertz CT molecular complexity index is 511. The number of aromatic nitrogens is 2.